The fourth-order valence-electron chi connectivity index (χ4n) is 1.87. The normalized spacial score (nSPS) is 19.3. The van der Waals surface area contributed by atoms with Crippen molar-refractivity contribution in [1.29, 1.82) is 0 Å². The molecule has 0 fully saturated rings. The van der Waals surface area contributed by atoms with Crippen LogP contribution in [0.2, 0.25) is 0 Å². The summed E-state index contributed by atoms with van der Waals surface area (Å²) in [6.07, 6.45) is 10.9. The topological polar surface area (TPSA) is 12.0 Å². The molecule has 0 aromatic rings. The van der Waals surface area contributed by atoms with Gasteiger partial charge in [0.2, 0.25) is 0 Å². The number of hydrogen-bond donors (Lipinski definition) is 1. The highest BCUT2D eigenvalue weighted by Gasteiger charge is 2.08. The highest BCUT2D eigenvalue weighted by molar-refractivity contribution is 5.09. The van der Waals surface area contributed by atoms with E-state index in [1.165, 1.54) is 25.7 Å². The quantitative estimate of drug-likeness (QED) is 0.640. The van der Waals surface area contributed by atoms with Gasteiger partial charge in [0.15, 0.2) is 0 Å². The third kappa shape index (κ3) is 3.77. The summed E-state index contributed by atoms with van der Waals surface area (Å²) in [5.74, 6) is 0. The van der Waals surface area contributed by atoms with Gasteiger partial charge in [-0.3, -0.25) is 0 Å². The van der Waals surface area contributed by atoms with Gasteiger partial charge in [-0.1, -0.05) is 24.6 Å². The Balaban J connectivity index is 2.35. The Morgan fingerprint density at radius 3 is 3.00 bits per heavy atom. The van der Waals surface area contributed by atoms with E-state index in [0.29, 0.717) is 6.04 Å². The first kappa shape index (κ1) is 10.5. The molecule has 1 nitrogen and oxygen atoms in total. The van der Waals surface area contributed by atoms with Crippen molar-refractivity contribution in [1.82, 2.24) is 5.32 Å². The molecule has 0 heterocycles. The first-order valence-corrected chi connectivity index (χ1v) is 5.40. The zero-order chi connectivity index (χ0) is 9.52. The van der Waals surface area contributed by atoms with Gasteiger partial charge in [-0.25, -0.2) is 0 Å². The lowest BCUT2D eigenvalue weighted by Gasteiger charge is -2.18. The Morgan fingerprint density at radius 2 is 2.46 bits per heavy atom. The van der Waals surface area contributed by atoms with Crippen LogP contribution in [-0.2, 0) is 0 Å². The van der Waals surface area contributed by atoms with E-state index in [0.717, 1.165) is 13.0 Å². The minimum absolute atomic E-state index is 0.481. The van der Waals surface area contributed by atoms with Crippen LogP contribution in [0.5, 0.6) is 0 Å². The van der Waals surface area contributed by atoms with Crippen LogP contribution in [-0.4, -0.2) is 12.6 Å². The SMILES string of the molecule is C=CC(CC1=CCCCC1)NCC. The Bertz CT molecular complexity index is 182. The van der Waals surface area contributed by atoms with Crippen LogP contribution in [0.4, 0.5) is 0 Å². The molecule has 0 aromatic carbocycles. The summed E-state index contributed by atoms with van der Waals surface area (Å²) in [4.78, 5) is 0. The van der Waals surface area contributed by atoms with Crippen LogP contribution in [0.1, 0.15) is 39.0 Å². The maximum absolute atomic E-state index is 3.86. The van der Waals surface area contributed by atoms with Gasteiger partial charge in [0.1, 0.15) is 0 Å². The van der Waals surface area contributed by atoms with Crippen molar-refractivity contribution < 1.29 is 0 Å². The van der Waals surface area contributed by atoms with Gasteiger partial charge in [-0.05, 0) is 38.6 Å². The number of allylic oxidation sites excluding steroid dienone is 1. The summed E-state index contributed by atoms with van der Waals surface area (Å²) >= 11 is 0. The van der Waals surface area contributed by atoms with Crippen molar-refractivity contribution in [3.05, 3.63) is 24.3 Å². The molecule has 1 rings (SSSR count). The smallest absolute Gasteiger partial charge is 0.0284 e. The van der Waals surface area contributed by atoms with Gasteiger partial charge < -0.3 is 5.32 Å². The van der Waals surface area contributed by atoms with E-state index in [9.17, 15) is 0 Å². The number of likely N-dealkylation sites (N-methyl/N-ethyl adjacent to an activating group) is 1. The Labute approximate surface area is 81.9 Å². The fourth-order valence-corrected chi connectivity index (χ4v) is 1.87. The standard InChI is InChI=1S/C12H21N/c1-3-12(13-4-2)10-11-8-6-5-7-9-11/h3,8,12-13H,1,4-7,9-10H2,2H3. The second-order valence-corrected chi connectivity index (χ2v) is 3.71. The molecule has 1 unspecified atom stereocenters. The van der Waals surface area contributed by atoms with E-state index in [-0.39, 0.29) is 0 Å². The van der Waals surface area contributed by atoms with Crippen molar-refractivity contribution in [3.63, 3.8) is 0 Å². The van der Waals surface area contributed by atoms with E-state index in [4.69, 9.17) is 0 Å². The molecule has 1 aliphatic rings. The lowest BCUT2D eigenvalue weighted by atomic mass is 9.94. The van der Waals surface area contributed by atoms with Crippen molar-refractivity contribution in [2.45, 2.75) is 45.1 Å². The van der Waals surface area contributed by atoms with E-state index in [2.05, 4.69) is 24.9 Å². The number of rotatable bonds is 5. The summed E-state index contributed by atoms with van der Waals surface area (Å²) in [6, 6.07) is 0.481. The van der Waals surface area contributed by atoms with Crippen molar-refractivity contribution >= 4 is 0 Å². The highest BCUT2D eigenvalue weighted by atomic mass is 14.9. The van der Waals surface area contributed by atoms with Crippen LogP contribution in [0.3, 0.4) is 0 Å². The van der Waals surface area contributed by atoms with Crippen LogP contribution < -0.4 is 5.32 Å². The fraction of sp³-hybridized carbons (Fsp3) is 0.667. The Hall–Kier alpha value is -0.560. The molecule has 1 heteroatoms. The Kier molecular flexibility index (Phi) is 4.84. The summed E-state index contributed by atoms with van der Waals surface area (Å²) in [7, 11) is 0. The number of nitrogens with one attached hydrogen (secondary N) is 1. The average molecular weight is 179 g/mol. The molecule has 1 aliphatic carbocycles. The molecule has 74 valence electrons. The lowest BCUT2D eigenvalue weighted by Crippen LogP contribution is -2.27. The molecule has 0 aliphatic heterocycles. The molecule has 1 atom stereocenters. The van der Waals surface area contributed by atoms with Gasteiger partial charge in [-0.15, -0.1) is 6.58 Å². The molecule has 0 amide bonds. The summed E-state index contributed by atoms with van der Waals surface area (Å²) in [5, 5.41) is 3.42. The molecule has 13 heavy (non-hydrogen) atoms. The van der Waals surface area contributed by atoms with Crippen molar-refractivity contribution in [2.24, 2.45) is 0 Å². The molecule has 0 radical (unpaired) electrons. The van der Waals surface area contributed by atoms with Crippen LogP contribution in [0.25, 0.3) is 0 Å². The van der Waals surface area contributed by atoms with Gasteiger partial charge in [0.05, 0.1) is 0 Å². The highest BCUT2D eigenvalue weighted by Crippen LogP contribution is 2.21. The molecular weight excluding hydrogens is 158 g/mol. The van der Waals surface area contributed by atoms with E-state index < -0.39 is 0 Å². The summed E-state index contributed by atoms with van der Waals surface area (Å²) in [6.45, 7) is 7.03. The zero-order valence-corrected chi connectivity index (χ0v) is 8.68. The molecule has 0 saturated carbocycles. The lowest BCUT2D eigenvalue weighted by molar-refractivity contribution is 0.579. The summed E-state index contributed by atoms with van der Waals surface area (Å²) < 4.78 is 0. The second-order valence-electron chi connectivity index (χ2n) is 3.71. The predicted octanol–water partition coefficient (Wildman–Crippen LogP) is 3.04. The number of hydrogen-bond acceptors (Lipinski definition) is 1. The molecule has 0 bridgehead atoms. The molecule has 0 spiro atoms. The monoisotopic (exact) mass is 179 g/mol. The Morgan fingerprint density at radius 1 is 1.62 bits per heavy atom. The first-order chi connectivity index (χ1) is 6.36. The van der Waals surface area contributed by atoms with Crippen molar-refractivity contribution in [2.75, 3.05) is 6.54 Å². The summed E-state index contributed by atoms with van der Waals surface area (Å²) in [5.41, 5.74) is 1.62. The van der Waals surface area contributed by atoms with E-state index in [1.807, 2.05) is 6.08 Å². The van der Waals surface area contributed by atoms with E-state index in [1.54, 1.807) is 5.57 Å². The van der Waals surface area contributed by atoms with E-state index >= 15 is 0 Å². The predicted molar refractivity (Wildman–Crippen MR) is 58.8 cm³/mol. The minimum atomic E-state index is 0.481. The van der Waals surface area contributed by atoms with Gasteiger partial charge in [0, 0.05) is 6.04 Å². The maximum Gasteiger partial charge on any atom is 0.0284 e. The van der Waals surface area contributed by atoms with Gasteiger partial charge in [0.25, 0.3) is 0 Å². The third-order valence-corrected chi connectivity index (χ3v) is 2.62. The second kappa shape index (κ2) is 5.98. The third-order valence-electron chi connectivity index (χ3n) is 2.62. The first-order valence-electron chi connectivity index (χ1n) is 5.40. The van der Waals surface area contributed by atoms with Crippen molar-refractivity contribution in [3.8, 4) is 0 Å². The maximum atomic E-state index is 3.86. The van der Waals surface area contributed by atoms with Gasteiger partial charge >= 0.3 is 0 Å². The molecule has 1 N–H and O–H groups in total. The largest absolute Gasteiger partial charge is 0.310 e. The minimum Gasteiger partial charge on any atom is -0.310 e. The van der Waals surface area contributed by atoms with Gasteiger partial charge in [-0.2, -0.15) is 0 Å². The molecule has 0 aromatic heterocycles. The van der Waals surface area contributed by atoms with Crippen LogP contribution >= 0.6 is 0 Å². The average Bonchev–Trinajstić information content (AvgIpc) is 2.19. The van der Waals surface area contributed by atoms with Crippen LogP contribution in [0, 0.1) is 0 Å². The zero-order valence-electron chi connectivity index (χ0n) is 8.68. The molecular formula is C12H21N. The van der Waals surface area contributed by atoms with Crippen LogP contribution in [0.15, 0.2) is 24.3 Å². The molecule has 0 saturated heterocycles.